The smallest absolute Gasteiger partial charge is 0.180 e. The van der Waals surface area contributed by atoms with E-state index in [0.29, 0.717) is 16.4 Å². The second kappa shape index (κ2) is 4.62. The molecular formula is C8H19N3S. The van der Waals surface area contributed by atoms with E-state index in [1.54, 1.807) is 0 Å². The van der Waals surface area contributed by atoms with Gasteiger partial charge in [0.1, 0.15) is 0 Å². The van der Waals surface area contributed by atoms with Gasteiger partial charge >= 0.3 is 0 Å². The molecule has 1 unspecified atom stereocenters. The van der Waals surface area contributed by atoms with Crippen LogP contribution in [0.25, 0.3) is 0 Å². The molecule has 0 aromatic rings. The molecule has 0 heterocycles. The predicted octanol–water partition coefficient (Wildman–Crippen LogP) is 1.01. The van der Waals surface area contributed by atoms with Crippen LogP contribution in [0.1, 0.15) is 27.7 Å². The average Bonchev–Trinajstić information content (AvgIpc) is 1.97. The first kappa shape index (κ1) is 11.6. The molecule has 0 aromatic carbocycles. The van der Waals surface area contributed by atoms with Crippen molar-refractivity contribution >= 4 is 17.3 Å². The van der Waals surface area contributed by atoms with Crippen molar-refractivity contribution in [2.45, 2.75) is 27.7 Å². The molecule has 4 heteroatoms. The molecule has 0 saturated carbocycles. The maximum atomic E-state index is 5.11. The van der Waals surface area contributed by atoms with Gasteiger partial charge in [0, 0.05) is 6.54 Å². The molecule has 0 aromatic heterocycles. The van der Waals surface area contributed by atoms with Crippen molar-refractivity contribution in [1.82, 2.24) is 10.7 Å². The number of hydrazine groups is 1. The Labute approximate surface area is 80.1 Å². The third-order valence-electron chi connectivity index (χ3n) is 2.18. The minimum absolute atomic E-state index is 0.303. The van der Waals surface area contributed by atoms with Crippen LogP contribution in [0, 0.1) is 11.3 Å². The molecule has 0 radical (unpaired) electrons. The highest BCUT2D eigenvalue weighted by Crippen LogP contribution is 2.24. The largest absolute Gasteiger partial charge is 0.361 e. The summed E-state index contributed by atoms with van der Waals surface area (Å²) in [6.07, 6.45) is 0. The third-order valence-corrected chi connectivity index (χ3v) is 2.44. The lowest BCUT2D eigenvalue weighted by Crippen LogP contribution is -2.42. The summed E-state index contributed by atoms with van der Waals surface area (Å²) in [4.78, 5) is 0. The van der Waals surface area contributed by atoms with Crippen molar-refractivity contribution < 1.29 is 0 Å². The molecule has 0 spiro atoms. The van der Waals surface area contributed by atoms with Crippen LogP contribution in [0.3, 0.4) is 0 Å². The fourth-order valence-corrected chi connectivity index (χ4v) is 0.686. The van der Waals surface area contributed by atoms with Gasteiger partial charge in [-0.15, -0.1) is 0 Å². The van der Waals surface area contributed by atoms with Crippen molar-refractivity contribution in [1.29, 1.82) is 0 Å². The van der Waals surface area contributed by atoms with Gasteiger partial charge in [-0.2, -0.15) is 0 Å². The Bertz CT molecular complexity index is 151. The van der Waals surface area contributed by atoms with Crippen LogP contribution in [0.2, 0.25) is 0 Å². The monoisotopic (exact) mass is 189 g/mol. The van der Waals surface area contributed by atoms with Gasteiger partial charge in [0.25, 0.3) is 0 Å². The van der Waals surface area contributed by atoms with Gasteiger partial charge in [0.05, 0.1) is 0 Å². The maximum absolute atomic E-state index is 5.11. The lowest BCUT2D eigenvalue weighted by molar-refractivity contribution is 0.262. The summed E-state index contributed by atoms with van der Waals surface area (Å²) in [5.74, 6) is 5.67. The molecule has 0 amide bonds. The molecule has 0 aliphatic heterocycles. The number of nitrogens with one attached hydrogen (secondary N) is 2. The summed E-state index contributed by atoms with van der Waals surface area (Å²) in [6.45, 7) is 9.66. The third kappa shape index (κ3) is 4.51. The van der Waals surface area contributed by atoms with Crippen LogP contribution >= 0.6 is 12.2 Å². The van der Waals surface area contributed by atoms with E-state index in [4.69, 9.17) is 18.1 Å². The van der Waals surface area contributed by atoms with Crippen molar-refractivity contribution in [3.05, 3.63) is 0 Å². The molecule has 0 aliphatic rings. The Kier molecular flexibility index (Phi) is 4.49. The molecule has 12 heavy (non-hydrogen) atoms. The Hall–Kier alpha value is -0.350. The van der Waals surface area contributed by atoms with Crippen molar-refractivity contribution in [3.63, 3.8) is 0 Å². The van der Waals surface area contributed by atoms with E-state index in [1.165, 1.54) is 0 Å². The van der Waals surface area contributed by atoms with Crippen LogP contribution in [-0.4, -0.2) is 11.7 Å². The lowest BCUT2D eigenvalue weighted by Gasteiger charge is -2.27. The first-order valence-corrected chi connectivity index (χ1v) is 4.53. The number of thiocarbonyl (C=S) groups is 1. The van der Waals surface area contributed by atoms with E-state index in [2.05, 4.69) is 38.4 Å². The molecule has 0 rings (SSSR count). The van der Waals surface area contributed by atoms with Crippen LogP contribution < -0.4 is 16.6 Å². The highest BCUT2D eigenvalue weighted by atomic mass is 32.1. The fourth-order valence-electron chi connectivity index (χ4n) is 0.603. The Morgan fingerprint density at radius 2 is 2.00 bits per heavy atom. The summed E-state index contributed by atoms with van der Waals surface area (Å²) in [6, 6.07) is 0. The van der Waals surface area contributed by atoms with Crippen molar-refractivity contribution in [2.24, 2.45) is 17.2 Å². The van der Waals surface area contributed by atoms with Gasteiger partial charge < -0.3 is 10.7 Å². The quantitative estimate of drug-likeness (QED) is 0.345. The summed E-state index contributed by atoms with van der Waals surface area (Å²) in [5, 5.41) is 3.54. The molecule has 0 fully saturated rings. The van der Waals surface area contributed by atoms with Gasteiger partial charge in [0.15, 0.2) is 5.11 Å². The summed E-state index contributed by atoms with van der Waals surface area (Å²) >= 11 is 4.85. The van der Waals surface area contributed by atoms with E-state index in [1.807, 2.05) is 0 Å². The van der Waals surface area contributed by atoms with E-state index >= 15 is 0 Å². The summed E-state index contributed by atoms with van der Waals surface area (Å²) in [5.41, 5.74) is 2.69. The zero-order valence-corrected chi connectivity index (χ0v) is 9.09. The maximum Gasteiger partial charge on any atom is 0.180 e. The fraction of sp³-hybridized carbons (Fsp3) is 0.875. The first-order chi connectivity index (χ1) is 5.38. The normalized spacial score (nSPS) is 13.8. The van der Waals surface area contributed by atoms with Crippen molar-refractivity contribution in [3.8, 4) is 0 Å². The van der Waals surface area contributed by atoms with Crippen LogP contribution in [0.4, 0.5) is 0 Å². The Morgan fingerprint density at radius 3 is 2.33 bits per heavy atom. The van der Waals surface area contributed by atoms with E-state index in [-0.39, 0.29) is 0 Å². The highest BCUT2D eigenvalue weighted by Gasteiger charge is 2.19. The molecule has 3 nitrogen and oxygen atoms in total. The van der Waals surface area contributed by atoms with Crippen LogP contribution in [0.15, 0.2) is 0 Å². The zero-order valence-electron chi connectivity index (χ0n) is 8.27. The molecule has 1 atom stereocenters. The second-order valence-electron chi connectivity index (χ2n) is 4.12. The number of nitrogens with two attached hydrogens (primary N) is 1. The lowest BCUT2D eigenvalue weighted by atomic mass is 9.82. The highest BCUT2D eigenvalue weighted by molar-refractivity contribution is 7.80. The molecule has 0 aliphatic carbocycles. The second-order valence-corrected chi connectivity index (χ2v) is 4.53. The SMILES string of the molecule is CC(CNC(=S)NN)C(C)(C)C. The van der Waals surface area contributed by atoms with Crippen LogP contribution in [-0.2, 0) is 0 Å². The molecule has 72 valence electrons. The average molecular weight is 189 g/mol. The molecule has 0 bridgehead atoms. The van der Waals surface area contributed by atoms with Gasteiger partial charge in [-0.05, 0) is 23.6 Å². The minimum Gasteiger partial charge on any atom is -0.361 e. The minimum atomic E-state index is 0.303. The first-order valence-electron chi connectivity index (χ1n) is 4.12. The van der Waals surface area contributed by atoms with Crippen LogP contribution in [0.5, 0.6) is 0 Å². The standard InChI is InChI=1S/C8H19N3S/c1-6(8(2,3)4)5-10-7(12)11-9/h6H,5,9H2,1-4H3,(H2,10,11,12). The van der Waals surface area contributed by atoms with Gasteiger partial charge in [0.2, 0.25) is 0 Å². The number of rotatable bonds is 2. The van der Waals surface area contributed by atoms with E-state index in [0.717, 1.165) is 6.54 Å². The summed E-state index contributed by atoms with van der Waals surface area (Å²) < 4.78 is 0. The molecular weight excluding hydrogens is 170 g/mol. The summed E-state index contributed by atoms with van der Waals surface area (Å²) in [7, 11) is 0. The predicted molar refractivity (Wildman–Crippen MR) is 56.5 cm³/mol. The van der Waals surface area contributed by atoms with Gasteiger partial charge in [-0.1, -0.05) is 27.7 Å². The topological polar surface area (TPSA) is 50.1 Å². The Morgan fingerprint density at radius 1 is 1.50 bits per heavy atom. The van der Waals surface area contributed by atoms with Crippen molar-refractivity contribution in [2.75, 3.05) is 6.54 Å². The molecule has 4 N–H and O–H groups in total. The molecule has 0 saturated heterocycles. The van der Waals surface area contributed by atoms with Gasteiger partial charge in [-0.3, -0.25) is 0 Å². The van der Waals surface area contributed by atoms with E-state index in [9.17, 15) is 0 Å². The Balaban J connectivity index is 3.72. The number of hydrogen-bond donors (Lipinski definition) is 3. The van der Waals surface area contributed by atoms with Gasteiger partial charge in [-0.25, -0.2) is 5.84 Å². The zero-order chi connectivity index (χ0) is 9.78. The van der Waals surface area contributed by atoms with E-state index < -0.39 is 0 Å². The number of hydrogen-bond acceptors (Lipinski definition) is 2.